The summed E-state index contributed by atoms with van der Waals surface area (Å²) in [6, 6.07) is 6.77. The highest BCUT2D eigenvalue weighted by atomic mass is 16.5. The van der Waals surface area contributed by atoms with E-state index in [0.29, 0.717) is 37.7 Å². The normalized spacial score (nSPS) is 11.8. The van der Waals surface area contributed by atoms with Crippen molar-refractivity contribution >= 4 is 0 Å². The fourth-order valence-electron chi connectivity index (χ4n) is 1.83. The number of aromatic hydroxyl groups is 1. The van der Waals surface area contributed by atoms with Crippen molar-refractivity contribution in [3.8, 4) is 17.6 Å². The average Bonchev–Trinajstić information content (AvgIpc) is 2.46. The van der Waals surface area contributed by atoms with Crippen LogP contribution in [-0.4, -0.2) is 31.5 Å². The summed E-state index contributed by atoms with van der Waals surface area (Å²) in [6.45, 7) is 6.26. The van der Waals surface area contributed by atoms with Gasteiger partial charge in [-0.05, 0) is 32.9 Å². The number of ether oxygens (including phenoxy) is 2. The lowest BCUT2D eigenvalue weighted by molar-refractivity contribution is 0.144. The van der Waals surface area contributed by atoms with Crippen molar-refractivity contribution in [1.29, 1.82) is 5.26 Å². The Kier molecular flexibility index (Phi) is 7.48. The van der Waals surface area contributed by atoms with E-state index in [-0.39, 0.29) is 5.75 Å². The molecule has 1 unspecified atom stereocenters. The van der Waals surface area contributed by atoms with Crippen LogP contribution in [0.5, 0.6) is 11.5 Å². The second kappa shape index (κ2) is 9.18. The van der Waals surface area contributed by atoms with Gasteiger partial charge in [-0.1, -0.05) is 12.1 Å². The molecule has 5 heteroatoms. The minimum Gasteiger partial charge on any atom is -0.504 e. The number of nitrogens with one attached hydrogen (secondary N) is 1. The van der Waals surface area contributed by atoms with Crippen LogP contribution in [0.25, 0.3) is 0 Å². The van der Waals surface area contributed by atoms with Crippen molar-refractivity contribution in [3.63, 3.8) is 0 Å². The van der Waals surface area contributed by atoms with Crippen LogP contribution in [0.1, 0.15) is 31.9 Å². The Hall–Kier alpha value is -1.77. The van der Waals surface area contributed by atoms with Crippen molar-refractivity contribution < 1.29 is 14.6 Å². The Labute approximate surface area is 120 Å². The maximum absolute atomic E-state index is 10.1. The zero-order valence-corrected chi connectivity index (χ0v) is 12.1. The molecule has 0 bridgehead atoms. The topological polar surface area (TPSA) is 74.5 Å². The summed E-state index contributed by atoms with van der Waals surface area (Å²) < 4.78 is 10.6. The summed E-state index contributed by atoms with van der Waals surface area (Å²) in [5.41, 5.74) is 0.537. The van der Waals surface area contributed by atoms with Crippen molar-refractivity contribution in [1.82, 2.24) is 5.32 Å². The molecule has 0 fully saturated rings. The fourth-order valence-corrected chi connectivity index (χ4v) is 1.83. The number of phenols is 1. The van der Waals surface area contributed by atoms with E-state index in [2.05, 4.69) is 11.4 Å². The van der Waals surface area contributed by atoms with Gasteiger partial charge in [0.1, 0.15) is 6.04 Å². The molecule has 0 spiro atoms. The first-order valence-electron chi connectivity index (χ1n) is 6.90. The number of para-hydroxylation sites is 1. The molecular formula is C15H22N2O3. The minimum atomic E-state index is -0.558. The number of phenolic OH excluding ortho intramolecular Hbond substituents is 1. The Bertz CT molecular complexity index is 443. The molecule has 1 rings (SSSR count). The van der Waals surface area contributed by atoms with Crippen LogP contribution in [0.4, 0.5) is 0 Å². The van der Waals surface area contributed by atoms with E-state index in [9.17, 15) is 10.4 Å². The maximum Gasteiger partial charge on any atom is 0.163 e. The first kappa shape index (κ1) is 16.3. The molecular weight excluding hydrogens is 256 g/mol. The van der Waals surface area contributed by atoms with Crippen LogP contribution in [-0.2, 0) is 4.74 Å². The maximum atomic E-state index is 10.1. The highest BCUT2D eigenvalue weighted by Crippen LogP contribution is 2.33. The van der Waals surface area contributed by atoms with Gasteiger partial charge in [0.25, 0.3) is 0 Å². The molecule has 1 atom stereocenters. The number of hydrogen-bond acceptors (Lipinski definition) is 5. The molecule has 0 radical (unpaired) electrons. The van der Waals surface area contributed by atoms with E-state index in [4.69, 9.17) is 9.47 Å². The number of benzene rings is 1. The van der Waals surface area contributed by atoms with Gasteiger partial charge in [-0.25, -0.2) is 0 Å². The van der Waals surface area contributed by atoms with E-state index in [1.165, 1.54) is 0 Å². The summed E-state index contributed by atoms with van der Waals surface area (Å²) in [4.78, 5) is 0. The van der Waals surface area contributed by atoms with Gasteiger partial charge < -0.3 is 14.6 Å². The van der Waals surface area contributed by atoms with Gasteiger partial charge in [0.15, 0.2) is 11.5 Å². The monoisotopic (exact) mass is 278 g/mol. The number of nitrogens with zero attached hydrogens (tertiary/aromatic N) is 1. The second-order valence-electron chi connectivity index (χ2n) is 4.19. The first-order chi connectivity index (χ1) is 9.74. The molecule has 1 aromatic carbocycles. The van der Waals surface area contributed by atoms with Gasteiger partial charge in [-0.3, -0.25) is 5.32 Å². The van der Waals surface area contributed by atoms with Crippen LogP contribution < -0.4 is 10.1 Å². The van der Waals surface area contributed by atoms with E-state index in [1.54, 1.807) is 18.2 Å². The summed E-state index contributed by atoms with van der Waals surface area (Å²) in [6.07, 6.45) is 0.817. The Morgan fingerprint density at radius 3 is 2.80 bits per heavy atom. The van der Waals surface area contributed by atoms with Crippen molar-refractivity contribution in [2.45, 2.75) is 26.3 Å². The molecule has 0 saturated carbocycles. The van der Waals surface area contributed by atoms with Gasteiger partial charge in [0.2, 0.25) is 0 Å². The first-order valence-corrected chi connectivity index (χ1v) is 6.90. The summed E-state index contributed by atoms with van der Waals surface area (Å²) in [7, 11) is 0. The van der Waals surface area contributed by atoms with Gasteiger partial charge in [-0.15, -0.1) is 0 Å². The van der Waals surface area contributed by atoms with Crippen LogP contribution in [0.3, 0.4) is 0 Å². The Morgan fingerprint density at radius 1 is 1.35 bits per heavy atom. The lowest BCUT2D eigenvalue weighted by Crippen LogP contribution is -2.22. The fraction of sp³-hybridized carbons (Fsp3) is 0.533. The highest BCUT2D eigenvalue weighted by Gasteiger charge is 2.16. The molecule has 110 valence electrons. The van der Waals surface area contributed by atoms with E-state index < -0.39 is 6.04 Å². The summed E-state index contributed by atoms with van der Waals surface area (Å²) in [5.74, 6) is 0.430. The van der Waals surface area contributed by atoms with Crippen LogP contribution in [0.2, 0.25) is 0 Å². The van der Waals surface area contributed by atoms with E-state index in [1.807, 2.05) is 13.8 Å². The molecule has 0 heterocycles. The van der Waals surface area contributed by atoms with Crippen molar-refractivity contribution in [2.75, 3.05) is 26.4 Å². The van der Waals surface area contributed by atoms with Crippen LogP contribution >= 0.6 is 0 Å². The summed E-state index contributed by atoms with van der Waals surface area (Å²) >= 11 is 0. The zero-order valence-electron chi connectivity index (χ0n) is 12.1. The van der Waals surface area contributed by atoms with Crippen LogP contribution in [0, 0.1) is 11.3 Å². The second-order valence-corrected chi connectivity index (χ2v) is 4.19. The Balaban J connectivity index is 2.65. The molecule has 0 saturated heterocycles. The van der Waals surface area contributed by atoms with E-state index in [0.717, 1.165) is 6.42 Å². The number of hydrogen-bond donors (Lipinski definition) is 2. The predicted molar refractivity (Wildman–Crippen MR) is 76.7 cm³/mol. The van der Waals surface area contributed by atoms with Gasteiger partial charge in [-0.2, -0.15) is 5.26 Å². The molecule has 0 aromatic heterocycles. The van der Waals surface area contributed by atoms with Crippen molar-refractivity contribution in [3.05, 3.63) is 23.8 Å². The highest BCUT2D eigenvalue weighted by molar-refractivity contribution is 5.48. The quantitative estimate of drug-likeness (QED) is 0.678. The van der Waals surface area contributed by atoms with Gasteiger partial charge in [0, 0.05) is 18.8 Å². The zero-order chi connectivity index (χ0) is 14.8. The smallest absolute Gasteiger partial charge is 0.163 e. The number of nitriles is 1. The predicted octanol–water partition coefficient (Wildman–Crippen LogP) is 2.37. The molecule has 20 heavy (non-hydrogen) atoms. The molecule has 0 amide bonds. The average molecular weight is 278 g/mol. The summed E-state index contributed by atoms with van der Waals surface area (Å²) in [5, 5.41) is 22.5. The SMILES string of the molecule is CCOCCCNC(C#N)c1cccc(OCC)c1O. The van der Waals surface area contributed by atoms with E-state index >= 15 is 0 Å². The lowest BCUT2D eigenvalue weighted by atomic mass is 10.1. The lowest BCUT2D eigenvalue weighted by Gasteiger charge is -2.15. The largest absolute Gasteiger partial charge is 0.504 e. The molecule has 5 nitrogen and oxygen atoms in total. The molecule has 0 aliphatic heterocycles. The molecule has 0 aliphatic carbocycles. The third kappa shape index (κ3) is 4.72. The minimum absolute atomic E-state index is 0.0261. The van der Waals surface area contributed by atoms with Gasteiger partial charge >= 0.3 is 0 Å². The van der Waals surface area contributed by atoms with Gasteiger partial charge in [0.05, 0.1) is 12.7 Å². The third-order valence-corrected chi connectivity index (χ3v) is 2.79. The molecule has 2 N–H and O–H groups in total. The number of rotatable bonds is 9. The Morgan fingerprint density at radius 2 is 2.15 bits per heavy atom. The molecule has 0 aliphatic rings. The standard InChI is InChI=1S/C15H22N2O3/c1-3-19-10-6-9-17-13(11-16)12-7-5-8-14(15(12)18)20-4-2/h5,7-8,13,17-18H,3-4,6,9-10H2,1-2H3. The van der Waals surface area contributed by atoms with Crippen molar-refractivity contribution in [2.24, 2.45) is 0 Å². The van der Waals surface area contributed by atoms with Crippen LogP contribution in [0.15, 0.2) is 18.2 Å². The third-order valence-electron chi connectivity index (χ3n) is 2.79. The molecule has 1 aromatic rings.